The van der Waals surface area contributed by atoms with Crippen molar-refractivity contribution in [2.75, 3.05) is 0 Å². The highest BCUT2D eigenvalue weighted by Gasteiger charge is 2.15. The standard InChI is InChI=1S/C24H25N3OS/c1-16(2)13-20(17-9-5-3-6-10-17)25-15-22-26-23(28)19-14-21(29-24(19)27-22)18-11-7-4-8-12-18/h3-12,14,16,20,25H,13,15H2,1-2H3,(H,26,27,28)/t20-/m1/s1. The number of nitrogens with zero attached hydrogens (tertiary/aromatic N) is 1. The zero-order valence-electron chi connectivity index (χ0n) is 16.7. The Hall–Kier alpha value is -2.76. The third-order valence-electron chi connectivity index (χ3n) is 4.93. The van der Waals surface area contributed by atoms with Gasteiger partial charge in [0.05, 0.1) is 11.9 Å². The Morgan fingerprint density at radius 2 is 1.72 bits per heavy atom. The van der Waals surface area contributed by atoms with Gasteiger partial charge in [0.25, 0.3) is 5.56 Å². The summed E-state index contributed by atoms with van der Waals surface area (Å²) in [7, 11) is 0. The minimum absolute atomic E-state index is 0.0784. The van der Waals surface area contributed by atoms with Crippen molar-refractivity contribution in [3.8, 4) is 10.4 Å². The van der Waals surface area contributed by atoms with Crippen LogP contribution < -0.4 is 10.9 Å². The molecule has 5 heteroatoms. The summed E-state index contributed by atoms with van der Waals surface area (Å²) in [5, 5.41) is 4.24. The van der Waals surface area contributed by atoms with E-state index in [0.717, 1.165) is 21.7 Å². The molecule has 29 heavy (non-hydrogen) atoms. The molecule has 0 saturated heterocycles. The SMILES string of the molecule is CC(C)C[C@@H](NCc1nc2sc(-c3ccccc3)cc2c(=O)[nH]1)c1ccccc1. The van der Waals surface area contributed by atoms with E-state index in [1.807, 2.05) is 30.3 Å². The van der Waals surface area contributed by atoms with Crippen molar-refractivity contribution in [2.45, 2.75) is 32.9 Å². The van der Waals surface area contributed by atoms with E-state index in [1.165, 1.54) is 5.56 Å². The fourth-order valence-corrected chi connectivity index (χ4v) is 4.57. The summed E-state index contributed by atoms with van der Waals surface area (Å²) in [6, 6.07) is 22.7. The molecule has 2 N–H and O–H groups in total. The second kappa shape index (κ2) is 8.72. The summed E-state index contributed by atoms with van der Waals surface area (Å²) >= 11 is 1.56. The molecule has 0 aliphatic heterocycles. The fourth-order valence-electron chi connectivity index (χ4n) is 3.52. The normalized spacial score (nSPS) is 12.5. The molecule has 0 amide bonds. The van der Waals surface area contributed by atoms with Crippen LogP contribution in [0.4, 0.5) is 0 Å². The number of aromatic nitrogens is 2. The maximum absolute atomic E-state index is 12.6. The molecule has 2 aromatic heterocycles. The molecular weight excluding hydrogens is 378 g/mol. The van der Waals surface area contributed by atoms with Crippen molar-refractivity contribution >= 4 is 21.6 Å². The van der Waals surface area contributed by atoms with Crippen molar-refractivity contribution in [3.63, 3.8) is 0 Å². The number of benzene rings is 2. The van der Waals surface area contributed by atoms with Gasteiger partial charge in [0.1, 0.15) is 10.7 Å². The maximum Gasteiger partial charge on any atom is 0.259 e. The molecule has 0 unspecified atom stereocenters. The fraction of sp³-hybridized carbons (Fsp3) is 0.250. The number of nitrogens with one attached hydrogen (secondary N) is 2. The van der Waals surface area contributed by atoms with E-state index in [0.29, 0.717) is 23.7 Å². The van der Waals surface area contributed by atoms with E-state index >= 15 is 0 Å². The number of H-pyrrole nitrogens is 1. The highest BCUT2D eigenvalue weighted by Crippen LogP contribution is 2.30. The molecule has 0 bridgehead atoms. The van der Waals surface area contributed by atoms with Crippen LogP contribution in [0.25, 0.3) is 20.7 Å². The van der Waals surface area contributed by atoms with Crippen LogP contribution in [0.1, 0.15) is 37.7 Å². The second-order valence-electron chi connectivity index (χ2n) is 7.68. The van der Waals surface area contributed by atoms with Gasteiger partial charge in [0.15, 0.2) is 0 Å². The van der Waals surface area contributed by atoms with Gasteiger partial charge < -0.3 is 10.3 Å². The first-order valence-corrected chi connectivity index (χ1v) is 10.8. The van der Waals surface area contributed by atoms with Crippen LogP contribution >= 0.6 is 11.3 Å². The van der Waals surface area contributed by atoms with E-state index in [1.54, 1.807) is 11.3 Å². The lowest BCUT2D eigenvalue weighted by atomic mass is 9.97. The molecule has 2 aromatic carbocycles. The number of thiophene rings is 1. The molecule has 0 radical (unpaired) electrons. The molecule has 2 heterocycles. The average Bonchev–Trinajstić information content (AvgIpc) is 3.17. The Morgan fingerprint density at radius 1 is 1.03 bits per heavy atom. The van der Waals surface area contributed by atoms with Crippen LogP contribution in [0.5, 0.6) is 0 Å². The Kier molecular flexibility index (Phi) is 5.88. The van der Waals surface area contributed by atoms with Crippen LogP contribution in [0.3, 0.4) is 0 Å². The topological polar surface area (TPSA) is 57.8 Å². The van der Waals surface area contributed by atoms with Gasteiger partial charge in [0.2, 0.25) is 0 Å². The molecule has 0 aliphatic rings. The van der Waals surface area contributed by atoms with Gasteiger partial charge in [-0.3, -0.25) is 4.79 Å². The van der Waals surface area contributed by atoms with Gasteiger partial charge in [-0.15, -0.1) is 11.3 Å². The molecule has 4 aromatic rings. The minimum atomic E-state index is -0.0784. The molecule has 4 rings (SSSR count). The molecule has 4 nitrogen and oxygen atoms in total. The predicted molar refractivity (Wildman–Crippen MR) is 121 cm³/mol. The van der Waals surface area contributed by atoms with Crippen LogP contribution in [0, 0.1) is 5.92 Å². The zero-order chi connectivity index (χ0) is 20.2. The quantitative estimate of drug-likeness (QED) is 0.427. The van der Waals surface area contributed by atoms with Gasteiger partial charge in [-0.2, -0.15) is 0 Å². The van der Waals surface area contributed by atoms with E-state index in [-0.39, 0.29) is 11.6 Å². The summed E-state index contributed by atoms with van der Waals surface area (Å²) < 4.78 is 0. The number of hydrogen-bond donors (Lipinski definition) is 2. The van der Waals surface area contributed by atoms with Crippen molar-refractivity contribution < 1.29 is 0 Å². The largest absolute Gasteiger partial charge is 0.309 e. The first kappa shape index (κ1) is 19.6. The number of aromatic amines is 1. The number of fused-ring (bicyclic) bond motifs is 1. The summed E-state index contributed by atoms with van der Waals surface area (Å²) in [6.07, 6.45) is 1.02. The minimum Gasteiger partial charge on any atom is -0.309 e. The zero-order valence-corrected chi connectivity index (χ0v) is 17.5. The van der Waals surface area contributed by atoms with Crippen molar-refractivity contribution in [2.24, 2.45) is 5.92 Å². The smallest absolute Gasteiger partial charge is 0.259 e. The van der Waals surface area contributed by atoms with Gasteiger partial charge in [-0.1, -0.05) is 74.5 Å². The maximum atomic E-state index is 12.6. The molecule has 148 valence electrons. The van der Waals surface area contributed by atoms with Crippen molar-refractivity contribution in [3.05, 3.63) is 88.5 Å². The lowest BCUT2D eigenvalue weighted by molar-refractivity contribution is 0.424. The number of hydrogen-bond acceptors (Lipinski definition) is 4. The first-order valence-electron chi connectivity index (χ1n) is 9.96. The van der Waals surface area contributed by atoms with Gasteiger partial charge in [-0.05, 0) is 29.5 Å². The van der Waals surface area contributed by atoms with Gasteiger partial charge in [-0.25, -0.2) is 4.98 Å². The molecule has 0 saturated carbocycles. The van der Waals surface area contributed by atoms with Crippen molar-refractivity contribution in [1.82, 2.24) is 15.3 Å². The Balaban J connectivity index is 1.58. The lowest BCUT2D eigenvalue weighted by Gasteiger charge is -2.21. The van der Waals surface area contributed by atoms with Gasteiger partial charge >= 0.3 is 0 Å². The summed E-state index contributed by atoms with van der Waals surface area (Å²) in [5.41, 5.74) is 2.29. The van der Waals surface area contributed by atoms with Crippen LogP contribution in [-0.2, 0) is 6.54 Å². The van der Waals surface area contributed by atoms with Crippen LogP contribution in [-0.4, -0.2) is 9.97 Å². The van der Waals surface area contributed by atoms with Crippen LogP contribution in [0.2, 0.25) is 0 Å². The highest BCUT2D eigenvalue weighted by atomic mass is 32.1. The van der Waals surface area contributed by atoms with Gasteiger partial charge in [0, 0.05) is 10.9 Å². The van der Waals surface area contributed by atoms with E-state index in [9.17, 15) is 4.79 Å². The van der Waals surface area contributed by atoms with E-state index in [2.05, 4.69) is 60.5 Å². The van der Waals surface area contributed by atoms with Crippen LogP contribution in [0.15, 0.2) is 71.5 Å². The molecule has 0 aliphatic carbocycles. The Bertz CT molecular complexity index is 1130. The molecule has 0 spiro atoms. The summed E-state index contributed by atoms with van der Waals surface area (Å²) in [4.78, 5) is 22.1. The number of rotatable bonds is 7. The summed E-state index contributed by atoms with van der Waals surface area (Å²) in [6.45, 7) is 4.97. The highest BCUT2D eigenvalue weighted by molar-refractivity contribution is 7.21. The van der Waals surface area contributed by atoms with E-state index < -0.39 is 0 Å². The third-order valence-corrected chi connectivity index (χ3v) is 6.01. The van der Waals surface area contributed by atoms with Crippen molar-refractivity contribution in [1.29, 1.82) is 0 Å². The lowest BCUT2D eigenvalue weighted by Crippen LogP contribution is -2.25. The average molecular weight is 404 g/mol. The second-order valence-corrected chi connectivity index (χ2v) is 8.71. The third kappa shape index (κ3) is 4.63. The molecule has 0 fully saturated rings. The first-order chi connectivity index (χ1) is 14.1. The van der Waals surface area contributed by atoms with E-state index in [4.69, 9.17) is 4.98 Å². The Labute approximate surface area is 174 Å². The molecular formula is C24H25N3OS. The Morgan fingerprint density at radius 3 is 2.41 bits per heavy atom. The monoisotopic (exact) mass is 403 g/mol. The predicted octanol–water partition coefficient (Wildman–Crippen LogP) is 5.53. The molecule has 1 atom stereocenters. The summed E-state index contributed by atoms with van der Waals surface area (Å²) in [5.74, 6) is 1.24.